The second-order valence-electron chi connectivity index (χ2n) is 2.60. The van der Waals surface area contributed by atoms with Crippen molar-refractivity contribution in [2.75, 3.05) is 0 Å². The lowest BCUT2D eigenvalue weighted by atomic mass is 10.1. The average Bonchev–Trinajstić information content (AvgIpc) is 2.30. The molecule has 0 spiro atoms. The second kappa shape index (κ2) is 3.72. The Morgan fingerprint density at radius 3 is 2.54 bits per heavy atom. The van der Waals surface area contributed by atoms with Gasteiger partial charge in [-0.15, -0.1) is 0 Å². The van der Waals surface area contributed by atoms with Crippen molar-refractivity contribution in [3.63, 3.8) is 0 Å². The molecule has 0 radical (unpaired) electrons. The molecule has 0 amide bonds. The molecule has 0 heterocycles. The summed E-state index contributed by atoms with van der Waals surface area (Å²) in [5.74, 6) is -0.261. The number of allylic oxidation sites excluding steroid dienone is 2. The molecule has 0 saturated heterocycles. The number of aromatic hydroxyl groups is 1. The van der Waals surface area contributed by atoms with Crippen LogP contribution in [0.1, 0.15) is 5.56 Å². The summed E-state index contributed by atoms with van der Waals surface area (Å²) in [6.45, 7) is 7.29. The Morgan fingerprint density at radius 1 is 1.31 bits per heavy atom. The summed E-state index contributed by atoms with van der Waals surface area (Å²) in [5, 5.41) is 9.09. The van der Waals surface area contributed by atoms with E-state index in [1.54, 1.807) is 18.2 Å². The van der Waals surface area contributed by atoms with Crippen LogP contribution in [-0.4, -0.2) is 5.11 Å². The first kappa shape index (κ1) is 9.26. The van der Waals surface area contributed by atoms with Gasteiger partial charge in [0.2, 0.25) is 5.43 Å². The highest BCUT2D eigenvalue weighted by Gasteiger charge is 1.95. The first-order valence-corrected chi connectivity index (χ1v) is 3.80. The molecule has 0 aliphatic rings. The lowest BCUT2D eigenvalue weighted by Gasteiger charge is -1.93. The molecule has 1 N–H and O–H groups in total. The van der Waals surface area contributed by atoms with Gasteiger partial charge in [0, 0.05) is 0 Å². The largest absolute Gasteiger partial charge is 0.504 e. The highest BCUT2D eigenvalue weighted by atomic mass is 16.3. The van der Waals surface area contributed by atoms with Gasteiger partial charge in [-0.05, 0) is 23.3 Å². The molecule has 0 atom stereocenters. The van der Waals surface area contributed by atoms with Crippen molar-refractivity contribution in [1.82, 2.24) is 0 Å². The van der Waals surface area contributed by atoms with E-state index < -0.39 is 5.43 Å². The van der Waals surface area contributed by atoms with Crippen LogP contribution in [0.15, 0.2) is 48.3 Å². The number of rotatable bonds is 2. The molecular weight excluding hydrogens is 164 g/mol. The highest BCUT2D eigenvalue weighted by Crippen LogP contribution is 2.11. The quantitative estimate of drug-likeness (QED) is 0.696. The van der Waals surface area contributed by atoms with Crippen molar-refractivity contribution in [3.05, 3.63) is 59.3 Å². The van der Waals surface area contributed by atoms with Gasteiger partial charge >= 0.3 is 0 Å². The van der Waals surface area contributed by atoms with E-state index in [-0.39, 0.29) is 5.75 Å². The molecule has 0 unspecified atom stereocenters. The Bertz CT molecular complexity index is 405. The fourth-order valence-electron chi connectivity index (χ4n) is 0.889. The number of hydrogen-bond donors (Lipinski definition) is 1. The summed E-state index contributed by atoms with van der Waals surface area (Å²) in [6.07, 6.45) is 1.59. The third-order valence-electron chi connectivity index (χ3n) is 1.70. The van der Waals surface area contributed by atoms with Crippen LogP contribution >= 0.6 is 0 Å². The Kier molecular flexibility index (Phi) is 2.65. The van der Waals surface area contributed by atoms with Crippen molar-refractivity contribution >= 4 is 5.57 Å². The van der Waals surface area contributed by atoms with E-state index in [1.165, 1.54) is 12.1 Å². The summed E-state index contributed by atoms with van der Waals surface area (Å²) in [6, 6.07) is 5.89. The topological polar surface area (TPSA) is 37.3 Å². The zero-order chi connectivity index (χ0) is 9.84. The monoisotopic (exact) mass is 174 g/mol. The van der Waals surface area contributed by atoms with Gasteiger partial charge in [0.1, 0.15) is 0 Å². The second-order valence-corrected chi connectivity index (χ2v) is 2.60. The van der Waals surface area contributed by atoms with Gasteiger partial charge in [-0.25, -0.2) is 0 Å². The molecule has 1 rings (SSSR count). The van der Waals surface area contributed by atoms with E-state index >= 15 is 0 Å². The van der Waals surface area contributed by atoms with E-state index in [0.717, 1.165) is 11.1 Å². The summed E-state index contributed by atoms with van der Waals surface area (Å²) < 4.78 is 0. The van der Waals surface area contributed by atoms with E-state index in [2.05, 4.69) is 13.2 Å². The maximum absolute atomic E-state index is 11.0. The molecule has 1 aromatic rings. The Morgan fingerprint density at radius 2 is 1.92 bits per heavy atom. The van der Waals surface area contributed by atoms with Gasteiger partial charge in [0.25, 0.3) is 0 Å². The minimum Gasteiger partial charge on any atom is -0.504 e. The Labute approximate surface area is 76.5 Å². The third kappa shape index (κ3) is 2.06. The van der Waals surface area contributed by atoms with Crippen molar-refractivity contribution in [1.29, 1.82) is 0 Å². The van der Waals surface area contributed by atoms with Gasteiger partial charge in [-0.2, -0.15) is 0 Å². The predicted molar refractivity (Wildman–Crippen MR) is 53.6 cm³/mol. The average molecular weight is 174 g/mol. The van der Waals surface area contributed by atoms with Gasteiger partial charge in [0.05, 0.1) is 0 Å². The zero-order valence-corrected chi connectivity index (χ0v) is 7.16. The standard InChI is InChI=1S/C11H10O2/c1-3-8(2)9-4-6-10(12)11(13)7-5-9/h3-7H,1-2H2,(H,12,13). The van der Waals surface area contributed by atoms with Crippen LogP contribution in [0.3, 0.4) is 0 Å². The smallest absolute Gasteiger partial charge is 0.220 e. The first-order chi connectivity index (χ1) is 6.15. The molecule has 0 aromatic heterocycles. The summed E-state index contributed by atoms with van der Waals surface area (Å²) in [7, 11) is 0. The van der Waals surface area contributed by atoms with Crippen LogP contribution in [0.25, 0.3) is 5.57 Å². The molecule has 0 saturated carbocycles. The van der Waals surface area contributed by atoms with Crippen LogP contribution < -0.4 is 5.43 Å². The minimum absolute atomic E-state index is 0.261. The summed E-state index contributed by atoms with van der Waals surface area (Å²) in [4.78, 5) is 11.0. The molecular formula is C11H10O2. The first-order valence-electron chi connectivity index (χ1n) is 3.80. The van der Waals surface area contributed by atoms with Crippen molar-refractivity contribution < 1.29 is 5.11 Å². The van der Waals surface area contributed by atoms with Crippen LogP contribution in [0.4, 0.5) is 0 Å². The van der Waals surface area contributed by atoms with Crippen LogP contribution in [-0.2, 0) is 0 Å². The normalized spacial score (nSPS) is 9.23. The minimum atomic E-state index is -0.400. The fourth-order valence-corrected chi connectivity index (χ4v) is 0.889. The molecule has 13 heavy (non-hydrogen) atoms. The van der Waals surface area contributed by atoms with Gasteiger partial charge in [-0.3, -0.25) is 4.79 Å². The van der Waals surface area contributed by atoms with E-state index in [0.29, 0.717) is 0 Å². The summed E-state index contributed by atoms with van der Waals surface area (Å²) in [5.41, 5.74) is 1.09. The molecule has 0 fully saturated rings. The SMILES string of the molecule is C=CC(=C)c1ccc(O)c(=O)cc1. The van der Waals surface area contributed by atoms with Gasteiger partial charge in [0.15, 0.2) is 5.75 Å². The zero-order valence-electron chi connectivity index (χ0n) is 7.16. The van der Waals surface area contributed by atoms with Crippen LogP contribution in [0.2, 0.25) is 0 Å². The fraction of sp³-hybridized carbons (Fsp3) is 0. The van der Waals surface area contributed by atoms with E-state index in [9.17, 15) is 4.79 Å². The lowest BCUT2D eigenvalue weighted by Crippen LogP contribution is -1.91. The third-order valence-corrected chi connectivity index (χ3v) is 1.70. The molecule has 66 valence electrons. The van der Waals surface area contributed by atoms with E-state index in [1.807, 2.05) is 0 Å². The van der Waals surface area contributed by atoms with Crippen molar-refractivity contribution in [2.24, 2.45) is 0 Å². The predicted octanol–water partition coefficient (Wildman–Crippen LogP) is 1.95. The molecule has 0 aliphatic heterocycles. The Balaban J connectivity index is 3.31. The van der Waals surface area contributed by atoms with Crippen molar-refractivity contribution in [3.8, 4) is 5.75 Å². The highest BCUT2D eigenvalue weighted by molar-refractivity contribution is 5.71. The molecule has 2 nitrogen and oxygen atoms in total. The molecule has 0 bridgehead atoms. The maximum Gasteiger partial charge on any atom is 0.220 e. The lowest BCUT2D eigenvalue weighted by molar-refractivity contribution is 0.471. The van der Waals surface area contributed by atoms with Gasteiger partial charge in [-0.1, -0.05) is 31.4 Å². The van der Waals surface area contributed by atoms with E-state index in [4.69, 9.17) is 5.11 Å². The summed E-state index contributed by atoms with van der Waals surface area (Å²) >= 11 is 0. The maximum atomic E-state index is 11.0. The molecule has 2 heteroatoms. The van der Waals surface area contributed by atoms with Crippen LogP contribution in [0, 0.1) is 0 Å². The van der Waals surface area contributed by atoms with Crippen molar-refractivity contribution in [2.45, 2.75) is 0 Å². The number of hydrogen-bond acceptors (Lipinski definition) is 2. The Hall–Kier alpha value is -1.83. The van der Waals surface area contributed by atoms with Gasteiger partial charge < -0.3 is 5.11 Å². The molecule has 0 aliphatic carbocycles. The van der Waals surface area contributed by atoms with Crippen LogP contribution in [0.5, 0.6) is 5.75 Å². The molecule has 1 aromatic carbocycles.